The molecule has 1 N–H and O–H groups in total. The third-order valence-corrected chi connectivity index (χ3v) is 3.19. The van der Waals surface area contributed by atoms with Crippen molar-refractivity contribution in [1.82, 2.24) is 10.3 Å². The number of pyridine rings is 1. The van der Waals surface area contributed by atoms with E-state index in [1.807, 2.05) is 36.4 Å². The fourth-order valence-electron chi connectivity index (χ4n) is 2.05. The SMILES string of the molecule is COc1ccc(OC)c(CNCCCOc2ccccn2)c1. The second-order valence-electron chi connectivity index (χ2n) is 4.72. The van der Waals surface area contributed by atoms with Gasteiger partial charge >= 0.3 is 0 Å². The van der Waals surface area contributed by atoms with E-state index in [1.54, 1.807) is 20.4 Å². The summed E-state index contributed by atoms with van der Waals surface area (Å²) in [7, 11) is 3.33. The Morgan fingerprint density at radius 1 is 1.09 bits per heavy atom. The molecule has 0 unspecified atom stereocenters. The average molecular weight is 302 g/mol. The van der Waals surface area contributed by atoms with E-state index in [2.05, 4.69) is 10.3 Å². The minimum atomic E-state index is 0.638. The van der Waals surface area contributed by atoms with Gasteiger partial charge in [-0.2, -0.15) is 0 Å². The highest BCUT2D eigenvalue weighted by Crippen LogP contribution is 2.23. The lowest BCUT2D eigenvalue weighted by atomic mass is 10.2. The zero-order valence-electron chi connectivity index (χ0n) is 13.0. The number of hydrogen-bond donors (Lipinski definition) is 1. The molecule has 0 saturated heterocycles. The van der Waals surface area contributed by atoms with Gasteiger partial charge in [0.25, 0.3) is 0 Å². The molecule has 0 aliphatic heterocycles. The molecule has 118 valence electrons. The van der Waals surface area contributed by atoms with Gasteiger partial charge in [-0.15, -0.1) is 0 Å². The molecular formula is C17H22N2O3. The van der Waals surface area contributed by atoms with Gasteiger partial charge in [0.05, 0.1) is 20.8 Å². The smallest absolute Gasteiger partial charge is 0.213 e. The lowest BCUT2D eigenvalue weighted by molar-refractivity contribution is 0.296. The van der Waals surface area contributed by atoms with Crippen molar-refractivity contribution in [3.8, 4) is 17.4 Å². The van der Waals surface area contributed by atoms with Gasteiger partial charge < -0.3 is 19.5 Å². The molecule has 2 rings (SSSR count). The van der Waals surface area contributed by atoms with E-state index in [9.17, 15) is 0 Å². The Morgan fingerprint density at radius 3 is 2.73 bits per heavy atom. The number of nitrogens with one attached hydrogen (secondary N) is 1. The van der Waals surface area contributed by atoms with Crippen molar-refractivity contribution in [2.24, 2.45) is 0 Å². The minimum absolute atomic E-state index is 0.638. The van der Waals surface area contributed by atoms with Gasteiger partial charge in [0.1, 0.15) is 11.5 Å². The van der Waals surface area contributed by atoms with Crippen LogP contribution in [0.25, 0.3) is 0 Å². The van der Waals surface area contributed by atoms with Crippen LogP contribution in [0.5, 0.6) is 17.4 Å². The third-order valence-electron chi connectivity index (χ3n) is 3.19. The molecule has 0 bridgehead atoms. The summed E-state index contributed by atoms with van der Waals surface area (Å²) in [5.74, 6) is 2.35. The molecule has 0 saturated carbocycles. The van der Waals surface area contributed by atoms with Crippen molar-refractivity contribution >= 4 is 0 Å². The van der Waals surface area contributed by atoms with Crippen molar-refractivity contribution in [3.63, 3.8) is 0 Å². The van der Waals surface area contributed by atoms with Crippen molar-refractivity contribution < 1.29 is 14.2 Å². The van der Waals surface area contributed by atoms with E-state index in [0.717, 1.165) is 36.6 Å². The monoisotopic (exact) mass is 302 g/mol. The molecule has 1 aromatic carbocycles. The molecule has 0 radical (unpaired) electrons. The second kappa shape index (κ2) is 8.89. The Bertz CT molecular complexity index is 561. The number of benzene rings is 1. The Kier molecular flexibility index (Phi) is 6.51. The highest BCUT2D eigenvalue weighted by Gasteiger charge is 2.04. The Labute approximate surface area is 131 Å². The summed E-state index contributed by atoms with van der Waals surface area (Å²) in [6.07, 6.45) is 2.63. The van der Waals surface area contributed by atoms with Gasteiger partial charge in [-0.1, -0.05) is 6.07 Å². The fraction of sp³-hybridized carbons (Fsp3) is 0.353. The summed E-state index contributed by atoms with van der Waals surface area (Å²) < 4.78 is 16.1. The fourth-order valence-corrected chi connectivity index (χ4v) is 2.05. The maximum absolute atomic E-state index is 5.54. The van der Waals surface area contributed by atoms with Gasteiger partial charge in [-0.25, -0.2) is 4.98 Å². The molecule has 0 fully saturated rings. The largest absolute Gasteiger partial charge is 0.497 e. The average Bonchev–Trinajstić information content (AvgIpc) is 2.58. The minimum Gasteiger partial charge on any atom is -0.497 e. The summed E-state index contributed by atoms with van der Waals surface area (Å²) in [4.78, 5) is 4.11. The molecule has 0 amide bonds. The molecule has 0 aliphatic rings. The number of ether oxygens (including phenoxy) is 3. The molecule has 2 aromatic rings. The second-order valence-corrected chi connectivity index (χ2v) is 4.72. The van der Waals surface area contributed by atoms with Crippen LogP contribution in [0.2, 0.25) is 0 Å². The van der Waals surface area contributed by atoms with E-state index in [4.69, 9.17) is 14.2 Å². The molecule has 0 atom stereocenters. The van der Waals surface area contributed by atoms with E-state index in [-0.39, 0.29) is 0 Å². The summed E-state index contributed by atoms with van der Waals surface area (Å²) in [6, 6.07) is 11.4. The van der Waals surface area contributed by atoms with Crippen LogP contribution in [0.4, 0.5) is 0 Å². The summed E-state index contributed by atoms with van der Waals surface area (Å²) in [5, 5.41) is 3.38. The van der Waals surface area contributed by atoms with Crippen LogP contribution in [0.3, 0.4) is 0 Å². The zero-order chi connectivity index (χ0) is 15.6. The predicted octanol–water partition coefficient (Wildman–Crippen LogP) is 2.66. The molecule has 22 heavy (non-hydrogen) atoms. The van der Waals surface area contributed by atoms with Crippen molar-refractivity contribution in [2.75, 3.05) is 27.4 Å². The van der Waals surface area contributed by atoms with Crippen LogP contribution in [0.1, 0.15) is 12.0 Å². The van der Waals surface area contributed by atoms with Crippen LogP contribution >= 0.6 is 0 Å². The standard InChI is InChI=1S/C17H22N2O3/c1-20-15-7-8-16(21-2)14(12-15)13-18-9-5-11-22-17-6-3-4-10-19-17/h3-4,6-8,10,12,18H,5,9,11,13H2,1-2H3. The summed E-state index contributed by atoms with van der Waals surface area (Å²) >= 11 is 0. The van der Waals surface area contributed by atoms with Crippen LogP contribution in [0, 0.1) is 0 Å². The lowest BCUT2D eigenvalue weighted by Crippen LogP contribution is -2.17. The highest BCUT2D eigenvalue weighted by molar-refractivity contribution is 5.40. The number of hydrogen-bond acceptors (Lipinski definition) is 5. The predicted molar refractivity (Wildman–Crippen MR) is 85.6 cm³/mol. The van der Waals surface area contributed by atoms with E-state index < -0.39 is 0 Å². The summed E-state index contributed by atoms with van der Waals surface area (Å²) in [6.45, 7) is 2.22. The maximum atomic E-state index is 5.54. The topological polar surface area (TPSA) is 52.6 Å². The van der Waals surface area contributed by atoms with Crippen LogP contribution in [-0.2, 0) is 6.54 Å². The normalized spacial score (nSPS) is 10.3. The van der Waals surface area contributed by atoms with Gasteiger partial charge in [0.2, 0.25) is 5.88 Å². The molecule has 0 aliphatic carbocycles. The molecule has 1 aromatic heterocycles. The van der Waals surface area contributed by atoms with Crippen LogP contribution in [-0.4, -0.2) is 32.4 Å². The molecule has 5 heteroatoms. The van der Waals surface area contributed by atoms with Gasteiger partial charge in [0.15, 0.2) is 0 Å². The maximum Gasteiger partial charge on any atom is 0.213 e. The van der Waals surface area contributed by atoms with Gasteiger partial charge in [-0.05, 0) is 37.2 Å². The van der Waals surface area contributed by atoms with E-state index in [1.165, 1.54) is 0 Å². The van der Waals surface area contributed by atoms with E-state index >= 15 is 0 Å². The quantitative estimate of drug-likeness (QED) is 0.722. The third kappa shape index (κ3) is 4.93. The Balaban J connectivity index is 1.70. The van der Waals surface area contributed by atoms with Crippen LogP contribution < -0.4 is 19.5 Å². The zero-order valence-corrected chi connectivity index (χ0v) is 13.0. The molecule has 0 spiro atoms. The first-order valence-electron chi connectivity index (χ1n) is 7.29. The molecular weight excluding hydrogens is 280 g/mol. The van der Waals surface area contributed by atoms with Gasteiger partial charge in [-0.3, -0.25) is 0 Å². The van der Waals surface area contributed by atoms with E-state index in [0.29, 0.717) is 12.5 Å². The van der Waals surface area contributed by atoms with Gasteiger partial charge in [0, 0.05) is 24.4 Å². The number of nitrogens with zero attached hydrogens (tertiary/aromatic N) is 1. The number of rotatable bonds is 9. The number of methoxy groups -OCH3 is 2. The first-order chi connectivity index (χ1) is 10.8. The van der Waals surface area contributed by atoms with Crippen LogP contribution in [0.15, 0.2) is 42.6 Å². The highest BCUT2D eigenvalue weighted by atomic mass is 16.5. The molecule has 1 heterocycles. The Hall–Kier alpha value is -2.27. The first-order valence-corrected chi connectivity index (χ1v) is 7.29. The van der Waals surface area contributed by atoms with Crippen molar-refractivity contribution in [1.29, 1.82) is 0 Å². The lowest BCUT2D eigenvalue weighted by Gasteiger charge is -2.11. The number of aromatic nitrogens is 1. The molecule has 5 nitrogen and oxygen atoms in total. The summed E-state index contributed by atoms with van der Waals surface area (Å²) in [5.41, 5.74) is 1.08. The van der Waals surface area contributed by atoms with Crippen molar-refractivity contribution in [3.05, 3.63) is 48.2 Å². The van der Waals surface area contributed by atoms with Crippen molar-refractivity contribution in [2.45, 2.75) is 13.0 Å². The first kappa shape index (κ1) is 16.1. The Morgan fingerprint density at radius 2 is 2.00 bits per heavy atom.